The van der Waals surface area contributed by atoms with Crippen molar-refractivity contribution in [1.82, 2.24) is 14.5 Å². The summed E-state index contributed by atoms with van der Waals surface area (Å²) in [6.45, 7) is 3.19. The molecule has 0 saturated carbocycles. The Labute approximate surface area is 261 Å². The second kappa shape index (κ2) is 11.7. The third-order valence-electron chi connectivity index (χ3n) is 8.97. The third kappa shape index (κ3) is 5.26. The smallest absolute Gasteiger partial charge is 0.264 e. The second-order valence-electron chi connectivity index (χ2n) is 11.8. The van der Waals surface area contributed by atoms with Crippen LogP contribution >= 0.6 is 0 Å². The standard InChI is InChI=1S/C37H33FN4O3/c1-24-20-25-6-2-3-7-26(25)23-41(24)36(44)31-14-9-27(38)21-32(31)35-22-33(34-8-4-5-19-40(34)35)37(45)42(29-15-17-39-18-16-29)28-10-12-30(43)13-11-28/h2-3,6-7,9-18,21-22,24,43H,4-5,8,19-20,23H2,1H3/t24-/m1/s1. The average molecular weight is 601 g/mol. The molecule has 0 fully saturated rings. The number of amides is 2. The summed E-state index contributed by atoms with van der Waals surface area (Å²) < 4.78 is 17.1. The van der Waals surface area contributed by atoms with E-state index in [4.69, 9.17) is 0 Å². The van der Waals surface area contributed by atoms with Crippen molar-refractivity contribution in [2.45, 2.75) is 51.7 Å². The van der Waals surface area contributed by atoms with Gasteiger partial charge in [-0.1, -0.05) is 24.3 Å². The van der Waals surface area contributed by atoms with Gasteiger partial charge in [-0.2, -0.15) is 0 Å². The predicted octanol–water partition coefficient (Wildman–Crippen LogP) is 7.30. The Bertz CT molecular complexity index is 1900. The SMILES string of the molecule is C[C@@H]1Cc2ccccc2CN1C(=O)c1ccc(F)cc1-c1cc(C(=O)N(c2ccncc2)c2ccc(O)cc2)c2n1CCCC2. The highest BCUT2D eigenvalue weighted by Crippen LogP contribution is 2.37. The van der Waals surface area contributed by atoms with Crippen molar-refractivity contribution in [2.75, 3.05) is 4.90 Å². The van der Waals surface area contributed by atoms with E-state index in [2.05, 4.69) is 21.7 Å². The Morgan fingerprint density at radius 1 is 0.889 bits per heavy atom. The second-order valence-corrected chi connectivity index (χ2v) is 11.8. The van der Waals surface area contributed by atoms with E-state index in [1.807, 2.05) is 30.0 Å². The molecule has 1 atom stereocenters. The number of rotatable bonds is 5. The van der Waals surface area contributed by atoms with Crippen molar-refractivity contribution in [1.29, 1.82) is 0 Å². The number of hydrogen-bond donors (Lipinski definition) is 1. The van der Waals surface area contributed by atoms with Gasteiger partial charge >= 0.3 is 0 Å². The van der Waals surface area contributed by atoms with Gasteiger partial charge in [-0.3, -0.25) is 19.5 Å². The van der Waals surface area contributed by atoms with E-state index < -0.39 is 5.82 Å². The van der Waals surface area contributed by atoms with E-state index in [1.165, 1.54) is 17.7 Å². The van der Waals surface area contributed by atoms with Crippen molar-refractivity contribution in [3.05, 3.63) is 131 Å². The summed E-state index contributed by atoms with van der Waals surface area (Å²) in [5, 5.41) is 9.93. The molecule has 4 heterocycles. The number of phenols is 1. The number of pyridine rings is 1. The molecule has 5 aromatic rings. The molecule has 0 bridgehead atoms. The maximum absolute atomic E-state index is 15.0. The monoisotopic (exact) mass is 600 g/mol. The topological polar surface area (TPSA) is 78.7 Å². The van der Waals surface area contributed by atoms with Gasteiger partial charge in [-0.25, -0.2) is 4.39 Å². The van der Waals surface area contributed by atoms with Crippen LogP contribution < -0.4 is 4.90 Å². The number of hydrogen-bond acceptors (Lipinski definition) is 4. The van der Waals surface area contributed by atoms with Gasteiger partial charge in [0.2, 0.25) is 0 Å². The van der Waals surface area contributed by atoms with E-state index in [0.29, 0.717) is 53.3 Å². The van der Waals surface area contributed by atoms with Gasteiger partial charge in [0, 0.05) is 59.7 Å². The number of nitrogens with zero attached hydrogens (tertiary/aromatic N) is 4. The van der Waals surface area contributed by atoms with Crippen LogP contribution in [0.2, 0.25) is 0 Å². The van der Waals surface area contributed by atoms with Gasteiger partial charge in [0.25, 0.3) is 11.8 Å². The largest absolute Gasteiger partial charge is 0.508 e. The fraction of sp³-hybridized carbons (Fsp3) is 0.216. The van der Waals surface area contributed by atoms with Crippen LogP contribution in [0.1, 0.15) is 57.3 Å². The average Bonchev–Trinajstić information content (AvgIpc) is 3.45. The minimum Gasteiger partial charge on any atom is -0.508 e. The Morgan fingerprint density at radius 2 is 1.62 bits per heavy atom. The molecule has 0 unspecified atom stereocenters. The molecule has 8 heteroatoms. The highest BCUT2D eigenvalue weighted by Gasteiger charge is 2.32. The summed E-state index contributed by atoms with van der Waals surface area (Å²) in [6, 6.07) is 24.3. The lowest BCUT2D eigenvalue weighted by molar-refractivity contribution is 0.0659. The number of carbonyl (C=O) groups excluding carboxylic acids is 2. The van der Waals surface area contributed by atoms with Crippen LogP contribution in [0.25, 0.3) is 11.3 Å². The summed E-state index contributed by atoms with van der Waals surface area (Å²) in [7, 11) is 0. The Kier molecular flexibility index (Phi) is 7.41. The van der Waals surface area contributed by atoms with Crippen molar-refractivity contribution >= 4 is 23.2 Å². The first-order valence-corrected chi connectivity index (χ1v) is 15.3. The van der Waals surface area contributed by atoms with E-state index >= 15 is 0 Å². The van der Waals surface area contributed by atoms with Crippen LogP contribution in [0.3, 0.4) is 0 Å². The lowest BCUT2D eigenvalue weighted by Gasteiger charge is -2.35. The van der Waals surface area contributed by atoms with Crippen molar-refractivity contribution in [3.8, 4) is 17.0 Å². The fourth-order valence-electron chi connectivity index (χ4n) is 6.70. The van der Waals surface area contributed by atoms with E-state index in [9.17, 15) is 19.1 Å². The highest BCUT2D eigenvalue weighted by molar-refractivity contribution is 6.12. The molecule has 2 aromatic heterocycles. The summed E-state index contributed by atoms with van der Waals surface area (Å²) in [5.41, 5.74) is 6.48. The Hall–Kier alpha value is -5.24. The molecule has 3 aromatic carbocycles. The summed E-state index contributed by atoms with van der Waals surface area (Å²) in [4.78, 5) is 36.3. The first kappa shape index (κ1) is 28.5. The Morgan fingerprint density at radius 3 is 2.40 bits per heavy atom. The zero-order valence-electron chi connectivity index (χ0n) is 25.0. The fourth-order valence-corrected chi connectivity index (χ4v) is 6.70. The normalized spacial score (nSPS) is 15.7. The van der Waals surface area contributed by atoms with Crippen LogP contribution in [0.4, 0.5) is 15.8 Å². The summed E-state index contributed by atoms with van der Waals surface area (Å²) in [6.07, 6.45) is 6.51. The van der Waals surface area contributed by atoms with Gasteiger partial charge in [0.05, 0.1) is 11.3 Å². The van der Waals surface area contributed by atoms with Crippen molar-refractivity contribution < 1.29 is 19.1 Å². The first-order valence-electron chi connectivity index (χ1n) is 15.3. The zero-order chi connectivity index (χ0) is 31.1. The molecule has 226 valence electrons. The van der Waals surface area contributed by atoms with Crippen LogP contribution in [0, 0.1) is 5.82 Å². The minimum absolute atomic E-state index is 0.0251. The molecule has 0 aliphatic carbocycles. The van der Waals surface area contributed by atoms with Crippen LogP contribution in [0.5, 0.6) is 5.75 Å². The van der Waals surface area contributed by atoms with Crippen LogP contribution in [-0.2, 0) is 25.9 Å². The number of benzene rings is 3. The predicted molar refractivity (Wildman–Crippen MR) is 171 cm³/mol. The molecule has 2 aliphatic rings. The number of aromatic hydroxyl groups is 1. The molecule has 7 rings (SSSR count). The first-order chi connectivity index (χ1) is 21.9. The minimum atomic E-state index is -0.444. The number of aromatic nitrogens is 2. The lowest BCUT2D eigenvalue weighted by atomic mass is 9.93. The van der Waals surface area contributed by atoms with Gasteiger partial charge in [-0.05, 0) is 104 Å². The molecule has 7 nitrogen and oxygen atoms in total. The van der Waals surface area contributed by atoms with Crippen molar-refractivity contribution in [3.63, 3.8) is 0 Å². The number of halogens is 1. The molecule has 45 heavy (non-hydrogen) atoms. The van der Waals surface area contributed by atoms with Gasteiger partial charge in [0.1, 0.15) is 11.6 Å². The molecular formula is C37H33FN4O3. The molecule has 2 aliphatic heterocycles. The van der Waals surface area contributed by atoms with E-state index in [0.717, 1.165) is 30.5 Å². The number of fused-ring (bicyclic) bond motifs is 2. The summed E-state index contributed by atoms with van der Waals surface area (Å²) >= 11 is 0. The highest BCUT2D eigenvalue weighted by atomic mass is 19.1. The van der Waals surface area contributed by atoms with E-state index in [1.54, 1.807) is 59.8 Å². The van der Waals surface area contributed by atoms with Gasteiger partial charge in [0.15, 0.2) is 0 Å². The maximum atomic E-state index is 15.0. The lowest BCUT2D eigenvalue weighted by Crippen LogP contribution is -2.42. The number of phenolic OH excluding ortho intramolecular Hbond substituents is 1. The quantitative estimate of drug-likeness (QED) is 0.230. The zero-order valence-corrected chi connectivity index (χ0v) is 25.0. The summed E-state index contributed by atoms with van der Waals surface area (Å²) in [5.74, 6) is -0.761. The van der Waals surface area contributed by atoms with Crippen LogP contribution in [0.15, 0.2) is 97.3 Å². The Balaban J connectivity index is 1.33. The van der Waals surface area contributed by atoms with Gasteiger partial charge < -0.3 is 14.6 Å². The number of anilines is 2. The molecular weight excluding hydrogens is 567 g/mol. The maximum Gasteiger partial charge on any atom is 0.264 e. The molecule has 0 radical (unpaired) electrons. The molecule has 0 saturated heterocycles. The number of carbonyl (C=O) groups is 2. The van der Waals surface area contributed by atoms with Crippen LogP contribution in [-0.4, -0.2) is 37.4 Å². The van der Waals surface area contributed by atoms with Gasteiger partial charge in [-0.15, -0.1) is 0 Å². The van der Waals surface area contributed by atoms with Crippen molar-refractivity contribution in [2.24, 2.45) is 0 Å². The molecule has 2 amide bonds. The molecule has 1 N–H and O–H groups in total. The van der Waals surface area contributed by atoms with E-state index in [-0.39, 0.29) is 23.6 Å². The molecule has 0 spiro atoms. The third-order valence-corrected chi connectivity index (χ3v) is 8.97.